The molecule has 61 heavy (non-hydrogen) atoms. The first-order chi connectivity index (χ1) is 28.7. The molecule has 354 valence electrons. The number of carbonyl (C=O) groups excluding carboxylic acids is 2. The molecule has 25 atom stereocenters. The van der Waals surface area contributed by atoms with Gasteiger partial charge in [0.2, 0.25) is 11.8 Å². The van der Waals surface area contributed by atoms with Crippen molar-refractivity contribution < 1.29 is 124 Å². The molecule has 5 aliphatic rings. The Morgan fingerprint density at radius 3 is 1.51 bits per heavy atom. The molecule has 0 radical (unpaired) electrons. The molecular formula is C34H58N2O25. The van der Waals surface area contributed by atoms with Crippen LogP contribution in [0.4, 0.5) is 0 Å². The molecule has 5 saturated heterocycles. The van der Waals surface area contributed by atoms with E-state index in [4.69, 9.17) is 42.6 Å². The topological polar surface area (TPSA) is 424 Å². The lowest BCUT2D eigenvalue weighted by Gasteiger charge is -2.50. The number of hydrogen-bond donors (Lipinski definition) is 16. The van der Waals surface area contributed by atoms with Crippen molar-refractivity contribution in [2.45, 2.75) is 174 Å². The Morgan fingerprint density at radius 1 is 0.459 bits per heavy atom. The fourth-order valence-electron chi connectivity index (χ4n) is 7.68. The largest absolute Gasteiger partial charge is 0.394 e. The number of amides is 2. The molecule has 0 aromatic heterocycles. The molecule has 0 unspecified atom stereocenters. The van der Waals surface area contributed by atoms with Crippen molar-refractivity contribution in [3.8, 4) is 0 Å². The molecule has 0 aromatic carbocycles. The number of carbonyl (C=O) groups is 2. The van der Waals surface area contributed by atoms with Crippen LogP contribution >= 0.6 is 0 Å². The van der Waals surface area contributed by atoms with Crippen LogP contribution in [-0.4, -0.2) is 263 Å². The molecule has 5 rings (SSSR count). The summed E-state index contributed by atoms with van der Waals surface area (Å²) in [6, 6.07) is -3.25. The van der Waals surface area contributed by atoms with Crippen LogP contribution < -0.4 is 10.6 Å². The second-order valence-corrected chi connectivity index (χ2v) is 15.4. The van der Waals surface area contributed by atoms with Crippen molar-refractivity contribution >= 4 is 11.8 Å². The lowest BCUT2D eigenvalue weighted by molar-refractivity contribution is -0.380. The maximum Gasteiger partial charge on any atom is 0.217 e. The highest BCUT2D eigenvalue weighted by Gasteiger charge is 2.56. The molecule has 27 heteroatoms. The van der Waals surface area contributed by atoms with Crippen LogP contribution in [0.3, 0.4) is 0 Å². The summed E-state index contributed by atoms with van der Waals surface area (Å²) in [7, 11) is 0. The monoisotopic (exact) mass is 894 g/mol. The van der Waals surface area contributed by atoms with Crippen molar-refractivity contribution in [3.63, 3.8) is 0 Å². The van der Waals surface area contributed by atoms with Gasteiger partial charge in [0.25, 0.3) is 0 Å². The van der Waals surface area contributed by atoms with Gasteiger partial charge in [-0.15, -0.1) is 0 Å². The average Bonchev–Trinajstić information content (AvgIpc) is 3.21. The highest BCUT2D eigenvalue weighted by Crippen LogP contribution is 2.35. The maximum atomic E-state index is 12.5. The van der Waals surface area contributed by atoms with Crippen molar-refractivity contribution in [2.75, 3.05) is 26.4 Å². The van der Waals surface area contributed by atoms with Crippen LogP contribution in [0.15, 0.2) is 0 Å². The Hall–Kier alpha value is -1.98. The van der Waals surface area contributed by atoms with Gasteiger partial charge in [-0.05, 0) is 6.92 Å². The van der Waals surface area contributed by atoms with Crippen LogP contribution in [0.2, 0.25) is 0 Å². The fourth-order valence-corrected chi connectivity index (χ4v) is 7.68. The first kappa shape index (κ1) is 50.0. The van der Waals surface area contributed by atoms with E-state index in [0.29, 0.717) is 0 Å². The predicted octanol–water partition coefficient (Wildman–Crippen LogP) is -10.6. The van der Waals surface area contributed by atoms with Gasteiger partial charge in [0.1, 0.15) is 116 Å². The minimum absolute atomic E-state index is 0.681. The quantitative estimate of drug-likeness (QED) is 0.0770. The van der Waals surface area contributed by atoms with E-state index in [0.717, 1.165) is 13.8 Å². The molecule has 5 aliphatic heterocycles. The molecule has 2 amide bonds. The Balaban J connectivity index is 1.37. The Kier molecular flexibility index (Phi) is 17.5. The molecule has 0 spiro atoms. The Labute approximate surface area is 346 Å². The van der Waals surface area contributed by atoms with Crippen LogP contribution in [-0.2, 0) is 52.2 Å². The van der Waals surface area contributed by atoms with Gasteiger partial charge in [0.05, 0.1) is 32.5 Å². The van der Waals surface area contributed by atoms with Crippen molar-refractivity contribution in [2.24, 2.45) is 0 Å². The number of rotatable bonds is 14. The third-order valence-corrected chi connectivity index (χ3v) is 11.1. The van der Waals surface area contributed by atoms with E-state index in [2.05, 4.69) is 10.6 Å². The molecule has 0 aromatic rings. The van der Waals surface area contributed by atoms with Gasteiger partial charge in [-0.3, -0.25) is 9.59 Å². The normalized spacial score (nSPS) is 49.6. The first-order valence-electron chi connectivity index (χ1n) is 19.4. The smallest absolute Gasteiger partial charge is 0.217 e. The lowest BCUT2D eigenvalue weighted by Crippen LogP contribution is -2.70. The highest BCUT2D eigenvalue weighted by molar-refractivity contribution is 5.73. The van der Waals surface area contributed by atoms with Gasteiger partial charge < -0.3 is 125 Å². The summed E-state index contributed by atoms with van der Waals surface area (Å²) in [5.74, 6) is -1.51. The molecule has 5 heterocycles. The van der Waals surface area contributed by atoms with Gasteiger partial charge in [0, 0.05) is 13.8 Å². The number of aliphatic hydroxyl groups is 14. The standard InChI is InChI=1S/C34H58N2O25/c1-8-17(42)22(47)24(49)32(54-8)53-7-14-28(20(45)15(30(52)55-14)35-9(2)40)59-31-16(36-10(3)41)21(46)27(13(6-39)58-31)60-34-26(51)29(19(44)12(5-38)57-34)61-33-25(50)23(48)18(43)11(4-37)56-33/h8,11-34,37-39,42-52H,4-7H2,1-3H3,(H,35,40)(H,36,41)/t8-,11+,12+,13+,14+,15+,16+,17+,18+,19+,20+,21+,22+,23-,24-,25-,26-,27+,28+,29-,30+,31-,32+,33+,34+/m0/s1. The molecular weight excluding hydrogens is 836 g/mol. The van der Waals surface area contributed by atoms with Crippen molar-refractivity contribution in [1.29, 1.82) is 0 Å². The molecule has 0 saturated carbocycles. The van der Waals surface area contributed by atoms with E-state index in [1.165, 1.54) is 6.92 Å². The SMILES string of the molecule is CC(=O)N[C@@H]1[C@@H](O)[C@H](O[C@@H]2O[C@H](CO)[C@@H](O[C@H]3O[C@H](CO)[C@@H](O)[C@H](O[C@H]4O[C@H](CO)[C@@H](O)[C@H](O)[C@@H]4O)[C@@H]3O)[C@H](O)[C@H]2NC(C)=O)[C@@H](CO[C@@H]2O[C@@H](C)[C@@H](O)[C@@H](O)[C@@H]2O)O[C@H]1O. The predicted molar refractivity (Wildman–Crippen MR) is 188 cm³/mol. The van der Waals surface area contributed by atoms with Crippen LogP contribution in [0.25, 0.3) is 0 Å². The summed E-state index contributed by atoms with van der Waals surface area (Å²) in [5.41, 5.74) is 0. The number of aliphatic hydroxyl groups excluding tert-OH is 14. The number of ether oxygens (including phenoxy) is 9. The van der Waals surface area contributed by atoms with Crippen molar-refractivity contribution in [3.05, 3.63) is 0 Å². The average molecular weight is 895 g/mol. The molecule has 27 nitrogen and oxygen atoms in total. The van der Waals surface area contributed by atoms with Gasteiger partial charge in [-0.25, -0.2) is 0 Å². The number of nitrogens with one attached hydrogen (secondary N) is 2. The zero-order valence-electron chi connectivity index (χ0n) is 33.0. The molecule has 0 bridgehead atoms. The maximum absolute atomic E-state index is 12.5. The van der Waals surface area contributed by atoms with Crippen LogP contribution in [0.1, 0.15) is 20.8 Å². The zero-order valence-corrected chi connectivity index (χ0v) is 33.0. The first-order valence-corrected chi connectivity index (χ1v) is 19.4. The Morgan fingerprint density at radius 2 is 0.918 bits per heavy atom. The molecule has 5 fully saturated rings. The van der Waals surface area contributed by atoms with E-state index in [1.807, 2.05) is 0 Å². The second kappa shape index (κ2) is 21.3. The van der Waals surface area contributed by atoms with Gasteiger partial charge in [-0.1, -0.05) is 0 Å². The summed E-state index contributed by atoms with van der Waals surface area (Å²) >= 11 is 0. The summed E-state index contributed by atoms with van der Waals surface area (Å²) in [5, 5.41) is 153. The summed E-state index contributed by atoms with van der Waals surface area (Å²) < 4.78 is 51.0. The zero-order chi connectivity index (χ0) is 45.2. The third-order valence-electron chi connectivity index (χ3n) is 11.1. The minimum Gasteiger partial charge on any atom is -0.394 e. The second-order valence-electron chi connectivity index (χ2n) is 15.4. The number of hydrogen-bond acceptors (Lipinski definition) is 25. The van der Waals surface area contributed by atoms with Crippen LogP contribution in [0.5, 0.6) is 0 Å². The Bertz CT molecular complexity index is 1420. The van der Waals surface area contributed by atoms with Crippen molar-refractivity contribution in [1.82, 2.24) is 10.6 Å². The van der Waals surface area contributed by atoms with Crippen LogP contribution in [0, 0.1) is 0 Å². The fraction of sp³-hybridized carbons (Fsp3) is 0.941. The molecule has 16 N–H and O–H groups in total. The van der Waals surface area contributed by atoms with E-state index < -0.39 is 192 Å². The van der Waals surface area contributed by atoms with Gasteiger partial charge >= 0.3 is 0 Å². The summed E-state index contributed by atoms with van der Waals surface area (Å²) in [6.45, 7) is 0.0652. The van der Waals surface area contributed by atoms with E-state index in [1.54, 1.807) is 0 Å². The van der Waals surface area contributed by atoms with Gasteiger partial charge in [0.15, 0.2) is 31.5 Å². The summed E-state index contributed by atoms with van der Waals surface area (Å²) in [4.78, 5) is 24.5. The molecule has 0 aliphatic carbocycles. The third kappa shape index (κ3) is 10.9. The van der Waals surface area contributed by atoms with E-state index >= 15 is 0 Å². The highest BCUT2D eigenvalue weighted by atomic mass is 16.8. The minimum atomic E-state index is -2.09. The lowest BCUT2D eigenvalue weighted by atomic mass is 9.94. The van der Waals surface area contributed by atoms with E-state index in [9.17, 15) is 81.1 Å². The van der Waals surface area contributed by atoms with Gasteiger partial charge in [-0.2, -0.15) is 0 Å². The van der Waals surface area contributed by atoms with E-state index in [-0.39, 0.29) is 0 Å². The summed E-state index contributed by atoms with van der Waals surface area (Å²) in [6.07, 6.45) is -40.3.